The number of carbonyl (C=O) groups excluding carboxylic acids is 1. The molecule has 4 aromatic rings. The van der Waals surface area contributed by atoms with Crippen LogP contribution in [0.2, 0.25) is 5.02 Å². The van der Waals surface area contributed by atoms with Crippen molar-refractivity contribution in [1.29, 1.82) is 0 Å². The Bertz CT molecular complexity index is 1420. The highest BCUT2D eigenvalue weighted by Gasteiger charge is 2.44. The first-order chi connectivity index (χ1) is 15.3. The number of halogens is 1. The van der Waals surface area contributed by atoms with Gasteiger partial charge in [-0.2, -0.15) is 0 Å². The van der Waals surface area contributed by atoms with Crippen LogP contribution >= 0.6 is 11.6 Å². The number of aryl methyl sites for hydroxylation is 1. The maximum atomic E-state index is 13.6. The highest BCUT2D eigenvalue weighted by atomic mass is 35.5. The molecule has 1 aliphatic heterocycles. The zero-order valence-corrected chi connectivity index (χ0v) is 18.7. The summed E-state index contributed by atoms with van der Waals surface area (Å²) in [5, 5.41) is 0.788. The molecule has 32 heavy (non-hydrogen) atoms. The van der Waals surface area contributed by atoms with Gasteiger partial charge in [0.1, 0.15) is 11.4 Å². The minimum absolute atomic E-state index is 0.0473. The number of benzene rings is 2. The zero-order chi connectivity index (χ0) is 22.6. The van der Waals surface area contributed by atoms with Crippen LogP contribution in [0, 0.1) is 6.92 Å². The Labute approximate surface area is 190 Å². The van der Waals surface area contributed by atoms with Gasteiger partial charge in [0.15, 0.2) is 5.43 Å². The molecular formula is C26H21ClN2O3. The monoisotopic (exact) mass is 444 g/mol. The smallest absolute Gasteiger partial charge is 0.296 e. The molecule has 160 valence electrons. The van der Waals surface area contributed by atoms with E-state index in [4.69, 9.17) is 16.0 Å². The fraction of sp³-hybridized carbons (Fsp3) is 0.192. The standard InChI is InChI=1S/C26H21ClN2O3/c1-14(2)16-7-9-17(10-8-16)23-22-24(30)19-13-18(27)11-12-20(19)32-25(22)26(31)29(23)21-6-4-5-15(3)28-21/h4-14,23H,1-3H3/t23-/m0/s1. The van der Waals surface area contributed by atoms with Gasteiger partial charge in [-0.25, -0.2) is 4.98 Å². The lowest BCUT2D eigenvalue weighted by Crippen LogP contribution is -2.30. The van der Waals surface area contributed by atoms with Gasteiger partial charge in [0.2, 0.25) is 5.76 Å². The number of amides is 1. The first-order valence-electron chi connectivity index (χ1n) is 10.5. The molecule has 0 unspecified atom stereocenters. The molecule has 0 radical (unpaired) electrons. The molecule has 0 aliphatic carbocycles. The number of nitrogens with zero attached hydrogens (tertiary/aromatic N) is 2. The Morgan fingerprint density at radius 3 is 2.47 bits per heavy atom. The molecule has 1 aliphatic rings. The quantitative estimate of drug-likeness (QED) is 0.387. The molecule has 0 bridgehead atoms. The predicted octanol–water partition coefficient (Wildman–Crippen LogP) is 6.02. The Kier molecular flexibility index (Phi) is 4.86. The van der Waals surface area contributed by atoms with Gasteiger partial charge in [0.25, 0.3) is 5.91 Å². The van der Waals surface area contributed by atoms with E-state index < -0.39 is 6.04 Å². The summed E-state index contributed by atoms with van der Waals surface area (Å²) in [5.41, 5.74) is 3.15. The van der Waals surface area contributed by atoms with E-state index in [1.54, 1.807) is 29.2 Å². The third-order valence-electron chi connectivity index (χ3n) is 5.87. The number of aromatic nitrogens is 1. The summed E-state index contributed by atoms with van der Waals surface area (Å²) in [6.07, 6.45) is 0. The van der Waals surface area contributed by atoms with Crippen molar-refractivity contribution in [2.45, 2.75) is 32.7 Å². The summed E-state index contributed by atoms with van der Waals surface area (Å²) >= 11 is 6.14. The summed E-state index contributed by atoms with van der Waals surface area (Å²) in [4.78, 5) is 33.3. The van der Waals surface area contributed by atoms with Crippen LogP contribution in [0.1, 0.15) is 58.7 Å². The van der Waals surface area contributed by atoms with E-state index in [9.17, 15) is 9.59 Å². The van der Waals surface area contributed by atoms with Crippen molar-refractivity contribution in [3.63, 3.8) is 0 Å². The number of hydrogen-bond donors (Lipinski definition) is 0. The minimum atomic E-state index is -0.646. The SMILES string of the molecule is Cc1cccc(N2C(=O)c3oc4ccc(Cl)cc4c(=O)c3[C@@H]2c2ccc(C(C)C)cc2)n1. The second-order valence-electron chi connectivity index (χ2n) is 8.35. The Morgan fingerprint density at radius 1 is 1.03 bits per heavy atom. The molecule has 0 spiro atoms. The first kappa shape index (κ1) is 20.5. The average Bonchev–Trinajstić information content (AvgIpc) is 3.07. The van der Waals surface area contributed by atoms with Crippen LogP contribution in [0.25, 0.3) is 11.0 Å². The molecule has 0 N–H and O–H groups in total. The van der Waals surface area contributed by atoms with Gasteiger partial charge in [-0.15, -0.1) is 0 Å². The van der Waals surface area contributed by atoms with Crippen molar-refractivity contribution in [3.8, 4) is 0 Å². The lowest BCUT2D eigenvalue weighted by atomic mass is 9.95. The minimum Gasteiger partial charge on any atom is -0.450 e. The van der Waals surface area contributed by atoms with Gasteiger partial charge in [-0.1, -0.05) is 55.8 Å². The zero-order valence-electron chi connectivity index (χ0n) is 17.9. The fourth-order valence-corrected chi connectivity index (χ4v) is 4.39. The van der Waals surface area contributed by atoms with Crippen molar-refractivity contribution >= 4 is 34.3 Å². The third kappa shape index (κ3) is 3.21. The lowest BCUT2D eigenvalue weighted by Gasteiger charge is -2.24. The van der Waals surface area contributed by atoms with Crippen molar-refractivity contribution in [1.82, 2.24) is 4.98 Å². The molecule has 1 atom stereocenters. The maximum Gasteiger partial charge on any atom is 0.296 e. The van der Waals surface area contributed by atoms with Gasteiger partial charge in [0.05, 0.1) is 17.0 Å². The van der Waals surface area contributed by atoms with Crippen LogP contribution in [0.3, 0.4) is 0 Å². The molecule has 6 heteroatoms. The average molecular weight is 445 g/mol. The topological polar surface area (TPSA) is 63.4 Å². The predicted molar refractivity (Wildman–Crippen MR) is 126 cm³/mol. The van der Waals surface area contributed by atoms with Gasteiger partial charge >= 0.3 is 0 Å². The number of rotatable bonds is 3. The van der Waals surface area contributed by atoms with Gasteiger partial charge in [-0.3, -0.25) is 14.5 Å². The van der Waals surface area contributed by atoms with Gasteiger partial charge in [0, 0.05) is 10.7 Å². The van der Waals surface area contributed by atoms with Crippen molar-refractivity contribution in [3.05, 3.63) is 104 Å². The van der Waals surface area contributed by atoms with Crippen LogP contribution in [0.5, 0.6) is 0 Å². The lowest BCUT2D eigenvalue weighted by molar-refractivity contribution is 0.0970. The number of carbonyl (C=O) groups is 1. The Morgan fingerprint density at radius 2 is 1.78 bits per heavy atom. The van der Waals surface area contributed by atoms with Crippen LogP contribution in [-0.4, -0.2) is 10.9 Å². The van der Waals surface area contributed by atoms with Crippen molar-refractivity contribution in [2.75, 3.05) is 4.90 Å². The van der Waals surface area contributed by atoms with E-state index in [2.05, 4.69) is 18.8 Å². The molecule has 2 aromatic heterocycles. The fourth-order valence-electron chi connectivity index (χ4n) is 4.22. The molecule has 1 amide bonds. The van der Waals surface area contributed by atoms with Crippen LogP contribution in [0.15, 0.2) is 69.9 Å². The number of pyridine rings is 1. The van der Waals surface area contributed by atoms with Crippen molar-refractivity contribution < 1.29 is 9.21 Å². The number of anilines is 1. The van der Waals surface area contributed by atoms with E-state index >= 15 is 0 Å². The second-order valence-corrected chi connectivity index (χ2v) is 8.79. The van der Waals surface area contributed by atoms with Crippen LogP contribution < -0.4 is 10.3 Å². The summed E-state index contributed by atoms with van der Waals surface area (Å²) < 4.78 is 5.97. The van der Waals surface area contributed by atoms with Gasteiger partial charge < -0.3 is 4.42 Å². The molecule has 0 saturated carbocycles. The Balaban J connectivity index is 1.79. The molecule has 2 aromatic carbocycles. The number of fused-ring (bicyclic) bond motifs is 2. The third-order valence-corrected chi connectivity index (χ3v) is 6.11. The molecule has 3 heterocycles. The summed E-state index contributed by atoms with van der Waals surface area (Å²) in [6.45, 7) is 6.11. The van der Waals surface area contributed by atoms with Crippen molar-refractivity contribution in [2.24, 2.45) is 0 Å². The van der Waals surface area contributed by atoms with E-state index in [-0.39, 0.29) is 17.1 Å². The molecule has 5 nitrogen and oxygen atoms in total. The van der Waals surface area contributed by atoms with Crippen LogP contribution in [-0.2, 0) is 0 Å². The Hall–Kier alpha value is -3.44. The van der Waals surface area contributed by atoms with Crippen LogP contribution in [0.4, 0.5) is 5.82 Å². The molecular weight excluding hydrogens is 424 g/mol. The highest BCUT2D eigenvalue weighted by molar-refractivity contribution is 6.31. The second kappa shape index (κ2) is 7.61. The summed E-state index contributed by atoms with van der Waals surface area (Å²) in [7, 11) is 0. The van der Waals surface area contributed by atoms with Gasteiger partial charge in [-0.05, 0) is 54.3 Å². The molecule has 0 saturated heterocycles. The summed E-state index contributed by atoms with van der Waals surface area (Å²) in [6, 6.07) is 17.7. The maximum absolute atomic E-state index is 13.6. The molecule has 0 fully saturated rings. The first-order valence-corrected chi connectivity index (χ1v) is 10.9. The van der Waals surface area contributed by atoms with E-state index in [1.807, 2.05) is 43.3 Å². The van der Waals surface area contributed by atoms with E-state index in [0.29, 0.717) is 33.3 Å². The molecule has 5 rings (SSSR count). The van der Waals surface area contributed by atoms with E-state index in [0.717, 1.165) is 11.3 Å². The highest BCUT2D eigenvalue weighted by Crippen LogP contribution is 2.41. The number of hydrogen-bond acceptors (Lipinski definition) is 4. The van der Waals surface area contributed by atoms with E-state index in [1.165, 1.54) is 5.56 Å². The largest absolute Gasteiger partial charge is 0.450 e. The normalized spacial score (nSPS) is 15.6. The summed E-state index contributed by atoms with van der Waals surface area (Å²) in [5.74, 6) is 0.504.